The normalized spacial score (nSPS) is 15.7. The molecule has 2 aromatic carbocycles. The van der Waals surface area contributed by atoms with E-state index in [1.807, 2.05) is 35.9 Å². The number of hydrogen-bond donors (Lipinski definition) is 1. The molecule has 0 spiro atoms. The molecule has 3 aromatic rings. The van der Waals surface area contributed by atoms with Crippen molar-refractivity contribution in [1.82, 2.24) is 9.78 Å². The van der Waals surface area contributed by atoms with Crippen molar-refractivity contribution in [2.24, 2.45) is 0 Å². The van der Waals surface area contributed by atoms with E-state index < -0.39 is 0 Å². The molecule has 0 saturated heterocycles. The smallest absolute Gasteiger partial charge is 0.276 e. The number of carbonyl (C=O) groups is 1. The van der Waals surface area contributed by atoms with E-state index in [4.69, 9.17) is 32.7 Å². The first kappa shape index (κ1) is 19.8. The lowest BCUT2D eigenvalue weighted by Crippen LogP contribution is -2.22. The maximum Gasteiger partial charge on any atom is 0.276 e. The summed E-state index contributed by atoms with van der Waals surface area (Å²) in [5.41, 5.74) is 3.56. The predicted molar refractivity (Wildman–Crippen MR) is 112 cm³/mol. The van der Waals surface area contributed by atoms with Crippen LogP contribution in [0.1, 0.15) is 33.4 Å². The molecule has 2 heterocycles. The molecule has 1 amide bonds. The quantitative estimate of drug-likeness (QED) is 0.628. The number of rotatable bonds is 4. The van der Waals surface area contributed by atoms with E-state index in [1.165, 1.54) is 7.11 Å². The molecule has 0 fully saturated rings. The van der Waals surface area contributed by atoms with Crippen molar-refractivity contribution in [3.05, 3.63) is 75.0 Å². The highest BCUT2D eigenvalue weighted by Gasteiger charge is 2.24. The van der Waals surface area contributed by atoms with Gasteiger partial charge in [-0.2, -0.15) is 5.10 Å². The van der Waals surface area contributed by atoms with E-state index in [2.05, 4.69) is 10.4 Å². The Morgan fingerprint density at radius 2 is 2.00 bits per heavy atom. The topological polar surface area (TPSA) is 65.4 Å². The van der Waals surface area contributed by atoms with Crippen LogP contribution in [0, 0.1) is 6.92 Å². The number of carbonyl (C=O) groups excluding carboxylic acids is 1. The summed E-state index contributed by atoms with van der Waals surface area (Å²) < 4.78 is 13.1. The van der Waals surface area contributed by atoms with Crippen molar-refractivity contribution in [3.63, 3.8) is 0 Å². The largest absolute Gasteiger partial charge is 0.495 e. The zero-order chi connectivity index (χ0) is 20.5. The van der Waals surface area contributed by atoms with Crippen molar-refractivity contribution in [3.8, 4) is 5.75 Å². The zero-order valence-corrected chi connectivity index (χ0v) is 17.4. The van der Waals surface area contributed by atoms with Crippen molar-refractivity contribution >= 4 is 34.8 Å². The van der Waals surface area contributed by atoms with Gasteiger partial charge < -0.3 is 14.8 Å². The monoisotopic (exact) mass is 431 g/mol. The number of benzene rings is 2. The number of ether oxygens (including phenoxy) is 2. The lowest BCUT2D eigenvalue weighted by Gasteiger charge is -2.24. The molecule has 4 rings (SSSR count). The fourth-order valence-corrected chi connectivity index (χ4v) is 3.51. The van der Waals surface area contributed by atoms with Gasteiger partial charge in [0.25, 0.3) is 5.91 Å². The summed E-state index contributed by atoms with van der Waals surface area (Å²) in [6.45, 7) is 2.76. The maximum absolute atomic E-state index is 12.8. The first-order valence-electron chi connectivity index (χ1n) is 9.04. The van der Waals surface area contributed by atoms with Crippen LogP contribution in [0.4, 0.5) is 5.69 Å². The number of aromatic nitrogens is 2. The van der Waals surface area contributed by atoms with Crippen molar-refractivity contribution < 1.29 is 14.3 Å². The predicted octanol–water partition coefficient (Wildman–Crippen LogP) is 5.03. The van der Waals surface area contributed by atoms with E-state index in [9.17, 15) is 4.79 Å². The van der Waals surface area contributed by atoms with Gasteiger partial charge in [-0.25, -0.2) is 0 Å². The molecule has 0 bridgehead atoms. The van der Waals surface area contributed by atoms with Crippen molar-refractivity contribution in [1.29, 1.82) is 0 Å². The van der Waals surface area contributed by atoms with Crippen LogP contribution in [-0.4, -0.2) is 22.8 Å². The van der Waals surface area contributed by atoms with Gasteiger partial charge in [0.15, 0.2) is 5.69 Å². The number of amides is 1. The van der Waals surface area contributed by atoms with E-state index in [-0.39, 0.29) is 12.0 Å². The van der Waals surface area contributed by atoms with Crippen LogP contribution in [0.3, 0.4) is 0 Å². The van der Waals surface area contributed by atoms with Crippen LogP contribution in [0.25, 0.3) is 0 Å². The van der Waals surface area contributed by atoms with E-state index >= 15 is 0 Å². The molecule has 0 saturated carbocycles. The third-order valence-electron chi connectivity index (χ3n) is 4.84. The molecule has 1 N–H and O–H groups in total. The summed E-state index contributed by atoms with van der Waals surface area (Å²) in [5.74, 6) is 0.166. The highest BCUT2D eigenvalue weighted by Crippen LogP contribution is 2.32. The number of nitrogens with one attached hydrogen (secondary N) is 1. The minimum atomic E-state index is -0.324. The summed E-state index contributed by atoms with van der Waals surface area (Å²) in [6.07, 6.45) is -0.144. The van der Waals surface area contributed by atoms with Gasteiger partial charge >= 0.3 is 0 Å². The summed E-state index contributed by atoms with van der Waals surface area (Å²) in [6, 6.07) is 12.7. The Bertz CT molecular complexity index is 1060. The molecule has 0 aliphatic carbocycles. The molecule has 1 atom stereocenters. The number of methoxy groups -OCH3 is 1. The molecule has 8 heteroatoms. The molecule has 1 aliphatic heterocycles. The fraction of sp³-hybridized carbons (Fsp3) is 0.238. The van der Waals surface area contributed by atoms with Gasteiger partial charge in [0.2, 0.25) is 0 Å². The Labute approximate surface area is 178 Å². The lowest BCUT2D eigenvalue weighted by atomic mass is 10.1. The van der Waals surface area contributed by atoms with Gasteiger partial charge in [-0.3, -0.25) is 9.48 Å². The van der Waals surface area contributed by atoms with Crippen LogP contribution in [0.2, 0.25) is 10.0 Å². The van der Waals surface area contributed by atoms with E-state index in [1.54, 1.807) is 18.2 Å². The fourth-order valence-electron chi connectivity index (χ4n) is 3.23. The Morgan fingerprint density at radius 1 is 1.24 bits per heavy atom. The molecule has 6 nitrogen and oxygen atoms in total. The van der Waals surface area contributed by atoms with Crippen LogP contribution in [-0.2, 0) is 17.9 Å². The van der Waals surface area contributed by atoms with Gasteiger partial charge in [-0.15, -0.1) is 0 Å². The number of hydrogen-bond acceptors (Lipinski definition) is 4. The highest BCUT2D eigenvalue weighted by atomic mass is 35.5. The minimum Gasteiger partial charge on any atom is -0.495 e. The molecule has 1 unspecified atom stereocenters. The third-order valence-corrected chi connectivity index (χ3v) is 5.50. The van der Waals surface area contributed by atoms with Crippen LogP contribution in [0.5, 0.6) is 5.75 Å². The molecule has 1 aromatic heterocycles. The zero-order valence-electron chi connectivity index (χ0n) is 15.9. The van der Waals surface area contributed by atoms with Gasteiger partial charge in [0.1, 0.15) is 11.9 Å². The third kappa shape index (κ3) is 4.10. The maximum atomic E-state index is 12.8. The average molecular weight is 432 g/mol. The standard InChI is InChI=1S/C21H19Cl2N3O3/c1-12-7-17(19(28-2)9-16(12)23)24-21(27)18-8-15-11-29-20(10-26(15)25-18)13-3-5-14(22)6-4-13/h3-9,20H,10-11H2,1-2H3,(H,24,27). The van der Waals surface area contributed by atoms with Crippen LogP contribution < -0.4 is 10.1 Å². The second-order valence-corrected chi connectivity index (χ2v) is 7.65. The Morgan fingerprint density at radius 3 is 2.72 bits per heavy atom. The molecule has 1 aliphatic rings. The van der Waals surface area contributed by atoms with Crippen LogP contribution >= 0.6 is 23.2 Å². The van der Waals surface area contributed by atoms with Gasteiger partial charge in [0, 0.05) is 16.1 Å². The molecular weight excluding hydrogens is 413 g/mol. The van der Waals surface area contributed by atoms with Gasteiger partial charge in [0.05, 0.1) is 31.6 Å². The van der Waals surface area contributed by atoms with Gasteiger partial charge in [-0.1, -0.05) is 35.3 Å². The Balaban J connectivity index is 1.53. The second kappa shape index (κ2) is 8.06. The number of anilines is 1. The summed E-state index contributed by atoms with van der Waals surface area (Å²) in [5, 5.41) is 8.57. The number of nitrogens with zero attached hydrogens (tertiary/aromatic N) is 2. The number of halogens is 2. The highest BCUT2D eigenvalue weighted by molar-refractivity contribution is 6.31. The molecule has 29 heavy (non-hydrogen) atoms. The van der Waals surface area contributed by atoms with Gasteiger partial charge in [-0.05, 0) is 42.3 Å². The van der Waals surface area contributed by atoms with E-state index in [0.29, 0.717) is 40.3 Å². The molecule has 150 valence electrons. The van der Waals surface area contributed by atoms with E-state index in [0.717, 1.165) is 16.8 Å². The van der Waals surface area contributed by atoms with Crippen molar-refractivity contribution in [2.75, 3.05) is 12.4 Å². The first-order valence-corrected chi connectivity index (χ1v) is 9.79. The SMILES string of the molecule is COc1cc(Cl)c(C)cc1NC(=O)c1cc2n(n1)CC(c1ccc(Cl)cc1)OC2. The lowest BCUT2D eigenvalue weighted by molar-refractivity contribution is -0.00118. The van der Waals surface area contributed by atoms with Crippen molar-refractivity contribution in [2.45, 2.75) is 26.2 Å². The minimum absolute atomic E-state index is 0.144. The van der Waals surface area contributed by atoms with Crippen LogP contribution in [0.15, 0.2) is 42.5 Å². The second-order valence-electron chi connectivity index (χ2n) is 6.81. The summed E-state index contributed by atoms with van der Waals surface area (Å²) in [7, 11) is 1.53. The summed E-state index contributed by atoms with van der Waals surface area (Å²) >= 11 is 12.1. The first-order chi connectivity index (χ1) is 13.9. The molecular formula is C21H19Cl2N3O3. The Hall–Kier alpha value is -2.54. The number of aryl methyl sites for hydroxylation is 1. The Kier molecular flexibility index (Phi) is 5.50. The average Bonchev–Trinajstić information content (AvgIpc) is 3.14. The number of fused-ring (bicyclic) bond motifs is 1. The molecule has 0 radical (unpaired) electrons. The summed E-state index contributed by atoms with van der Waals surface area (Å²) in [4.78, 5) is 12.8.